The van der Waals surface area contributed by atoms with Crippen molar-refractivity contribution in [2.45, 2.75) is 33.4 Å². The number of hydrogen-bond acceptors (Lipinski definition) is 5. The van der Waals surface area contributed by atoms with Gasteiger partial charge in [0.05, 0.1) is 6.54 Å². The standard InChI is InChI=1S/C18H21NO4S/c1-12-6-7-16(13(2)9-12)22-11-17(20)23-14(3)18(21)19-10-15-5-4-8-24-15/h4-9,14H,10-11H2,1-3H3,(H,19,21)/t14-/m1/s1. The van der Waals surface area contributed by atoms with Gasteiger partial charge in [-0.1, -0.05) is 23.8 Å². The molecule has 1 amide bonds. The summed E-state index contributed by atoms with van der Waals surface area (Å²) in [6.45, 7) is 5.64. The van der Waals surface area contributed by atoms with Crippen molar-refractivity contribution in [3.05, 3.63) is 51.7 Å². The van der Waals surface area contributed by atoms with E-state index in [4.69, 9.17) is 9.47 Å². The van der Waals surface area contributed by atoms with E-state index in [-0.39, 0.29) is 12.5 Å². The van der Waals surface area contributed by atoms with Gasteiger partial charge in [-0.3, -0.25) is 4.79 Å². The average Bonchev–Trinajstić information content (AvgIpc) is 3.05. The molecule has 1 aromatic heterocycles. The molecular formula is C18H21NO4S. The Morgan fingerprint density at radius 1 is 1.25 bits per heavy atom. The third kappa shape index (κ3) is 5.38. The fourth-order valence-electron chi connectivity index (χ4n) is 2.11. The Morgan fingerprint density at radius 3 is 2.71 bits per heavy atom. The largest absolute Gasteiger partial charge is 0.482 e. The normalized spacial score (nSPS) is 11.6. The maximum atomic E-state index is 11.9. The average molecular weight is 347 g/mol. The van der Waals surface area contributed by atoms with Gasteiger partial charge in [0.2, 0.25) is 0 Å². The van der Waals surface area contributed by atoms with Crippen LogP contribution in [0.4, 0.5) is 0 Å². The molecule has 1 aromatic carbocycles. The second kappa shape index (κ2) is 8.49. The lowest BCUT2D eigenvalue weighted by molar-refractivity contribution is -0.156. The maximum absolute atomic E-state index is 11.9. The molecule has 0 saturated heterocycles. The number of aryl methyl sites for hydroxylation is 2. The van der Waals surface area contributed by atoms with Crippen LogP contribution >= 0.6 is 11.3 Å². The fourth-order valence-corrected chi connectivity index (χ4v) is 2.76. The summed E-state index contributed by atoms with van der Waals surface area (Å²) >= 11 is 1.56. The number of thiophene rings is 1. The summed E-state index contributed by atoms with van der Waals surface area (Å²) in [6, 6.07) is 9.55. The first kappa shape index (κ1) is 18.0. The highest BCUT2D eigenvalue weighted by Crippen LogP contribution is 2.18. The van der Waals surface area contributed by atoms with Gasteiger partial charge in [-0.2, -0.15) is 0 Å². The quantitative estimate of drug-likeness (QED) is 0.782. The summed E-state index contributed by atoms with van der Waals surface area (Å²) in [5.41, 5.74) is 2.07. The molecular weight excluding hydrogens is 326 g/mol. The molecule has 0 fully saturated rings. The van der Waals surface area contributed by atoms with Crippen molar-refractivity contribution in [2.75, 3.05) is 6.61 Å². The van der Waals surface area contributed by atoms with Crippen LogP contribution in [0.1, 0.15) is 22.9 Å². The molecule has 2 rings (SSSR count). The number of carbonyl (C=O) groups excluding carboxylic acids is 2. The highest BCUT2D eigenvalue weighted by atomic mass is 32.1. The van der Waals surface area contributed by atoms with E-state index in [1.165, 1.54) is 0 Å². The number of rotatable bonds is 7. The number of ether oxygens (including phenoxy) is 2. The number of nitrogens with one attached hydrogen (secondary N) is 1. The minimum atomic E-state index is -0.861. The smallest absolute Gasteiger partial charge is 0.344 e. The zero-order chi connectivity index (χ0) is 17.5. The Labute approximate surface area is 145 Å². The van der Waals surface area contributed by atoms with Crippen LogP contribution in [0, 0.1) is 13.8 Å². The molecule has 24 heavy (non-hydrogen) atoms. The van der Waals surface area contributed by atoms with E-state index in [9.17, 15) is 9.59 Å². The third-order valence-electron chi connectivity index (χ3n) is 3.37. The molecule has 2 aromatic rings. The molecule has 5 nitrogen and oxygen atoms in total. The van der Waals surface area contributed by atoms with Crippen LogP contribution in [0.3, 0.4) is 0 Å². The van der Waals surface area contributed by atoms with Crippen LogP contribution in [-0.2, 0) is 20.9 Å². The van der Waals surface area contributed by atoms with Crippen molar-refractivity contribution in [1.82, 2.24) is 5.32 Å². The molecule has 0 saturated carbocycles. The number of benzene rings is 1. The summed E-state index contributed by atoms with van der Waals surface area (Å²) in [4.78, 5) is 24.8. The first-order valence-corrected chi connectivity index (χ1v) is 8.53. The Kier molecular flexibility index (Phi) is 6.37. The molecule has 0 radical (unpaired) electrons. The van der Waals surface area contributed by atoms with E-state index in [0.29, 0.717) is 12.3 Å². The maximum Gasteiger partial charge on any atom is 0.344 e. The SMILES string of the molecule is Cc1ccc(OCC(=O)O[C@H](C)C(=O)NCc2cccs2)c(C)c1. The Hall–Kier alpha value is -2.34. The Bertz CT molecular complexity index is 697. The van der Waals surface area contributed by atoms with Gasteiger partial charge in [0.1, 0.15) is 5.75 Å². The molecule has 0 spiro atoms. The van der Waals surface area contributed by atoms with Crippen molar-refractivity contribution in [3.63, 3.8) is 0 Å². The first-order valence-electron chi connectivity index (χ1n) is 7.65. The number of amides is 1. The number of esters is 1. The first-order chi connectivity index (χ1) is 11.5. The number of carbonyl (C=O) groups is 2. The zero-order valence-corrected chi connectivity index (χ0v) is 14.8. The zero-order valence-electron chi connectivity index (χ0n) is 14.0. The molecule has 1 atom stereocenters. The van der Waals surface area contributed by atoms with E-state index in [0.717, 1.165) is 16.0 Å². The van der Waals surface area contributed by atoms with Gasteiger partial charge in [-0.25, -0.2) is 4.79 Å². The molecule has 0 aliphatic rings. The minimum Gasteiger partial charge on any atom is -0.482 e. The molecule has 0 aliphatic carbocycles. The van der Waals surface area contributed by atoms with Crippen LogP contribution in [0.2, 0.25) is 0 Å². The number of hydrogen-bond donors (Lipinski definition) is 1. The van der Waals surface area contributed by atoms with Gasteiger partial charge in [0.25, 0.3) is 5.91 Å². The Balaban J connectivity index is 1.75. The van der Waals surface area contributed by atoms with Gasteiger partial charge in [0.15, 0.2) is 12.7 Å². The van der Waals surface area contributed by atoms with E-state index in [2.05, 4.69) is 5.32 Å². The van der Waals surface area contributed by atoms with Gasteiger partial charge in [-0.05, 0) is 43.8 Å². The lowest BCUT2D eigenvalue weighted by atomic mass is 10.1. The summed E-state index contributed by atoms with van der Waals surface area (Å²) in [5, 5.41) is 4.67. The topological polar surface area (TPSA) is 64.6 Å². The predicted octanol–water partition coefficient (Wildman–Crippen LogP) is 2.99. The monoisotopic (exact) mass is 347 g/mol. The van der Waals surface area contributed by atoms with Crippen LogP contribution in [0.15, 0.2) is 35.7 Å². The lowest BCUT2D eigenvalue weighted by Crippen LogP contribution is -2.36. The molecule has 128 valence electrons. The van der Waals surface area contributed by atoms with Crippen LogP contribution in [0.25, 0.3) is 0 Å². The molecule has 6 heteroatoms. The van der Waals surface area contributed by atoms with Crippen molar-refractivity contribution < 1.29 is 19.1 Å². The fraction of sp³-hybridized carbons (Fsp3) is 0.333. The van der Waals surface area contributed by atoms with E-state index < -0.39 is 12.1 Å². The molecule has 0 unspecified atom stereocenters. The van der Waals surface area contributed by atoms with Gasteiger partial charge in [0, 0.05) is 4.88 Å². The minimum absolute atomic E-state index is 0.230. The third-order valence-corrected chi connectivity index (χ3v) is 4.25. The van der Waals surface area contributed by atoms with Gasteiger partial charge >= 0.3 is 5.97 Å². The van der Waals surface area contributed by atoms with E-state index in [1.807, 2.05) is 49.6 Å². The van der Waals surface area contributed by atoms with Gasteiger partial charge < -0.3 is 14.8 Å². The van der Waals surface area contributed by atoms with E-state index in [1.54, 1.807) is 18.3 Å². The van der Waals surface area contributed by atoms with Crippen LogP contribution in [0.5, 0.6) is 5.75 Å². The molecule has 1 N–H and O–H groups in total. The summed E-state index contributed by atoms with van der Waals surface area (Å²) < 4.78 is 10.5. The highest BCUT2D eigenvalue weighted by Gasteiger charge is 2.18. The second-order valence-electron chi connectivity index (χ2n) is 5.49. The Morgan fingerprint density at radius 2 is 2.04 bits per heavy atom. The van der Waals surface area contributed by atoms with Crippen molar-refractivity contribution in [3.8, 4) is 5.75 Å². The predicted molar refractivity (Wildman–Crippen MR) is 93.1 cm³/mol. The molecule has 1 heterocycles. The summed E-state index contributed by atoms with van der Waals surface area (Å²) in [5.74, 6) is -0.274. The van der Waals surface area contributed by atoms with E-state index >= 15 is 0 Å². The van der Waals surface area contributed by atoms with Crippen molar-refractivity contribution in [1.29, 1.82) is 0 Å². The second-order valence-corrected chi connectivity index (χ2v) is 6.52. The van der Waals surface area contributed by atoms with Gasteiger partial charge in [-0.15, -0.1) is 11.3 Å². The summed E-state index contributed by atoms with van der Waals surface area (Å²) in [7, 11) is 0. The van der Waals surface area contributed by atoms with Crippen LogP contribution in [-0.4, -0.2) is 24.6 Å². The lowest BCUT2D eigenvalue weighted by Gasteiger charge is -2.14. The van der Waals surface area contributed by atoms with Crippen LogP contribution < -0.4 is 10.1 Å². The highest BCUT2D eigenvalue weighted by molar-refractivity contribution is 7.09. The molecule has 0 aliphatic heterocycles. The van der Waals surface area contributed by atoms with Crippen molar-refractivity contribution >= 4 is 23.2 Å². The summed E-state index contributed by atoms with van der Waals surface area (Å²) in [6.07, 6.45) is -0.861. The molecule has 0 bridgehead atoms. The van der Waals surface area contributed by atoms with Crippen molar-refractivity contribution in [2.24, 2.45) is 0 Å².